The Hall–Kier alpha value is -1.35. The van der Waals surface area contributed by atoms with E-state index in [0.717, 1.165) is 32.5 Å². The minimum Gasteiger partial charge on any atom is -0.481 e. The quantitative estimate of drug-likeness (QED) is 0.868. The van der Waals surface area contributed by atoms with Gasteiger partial charge in [-0.25, -0.2) is 0 Å². The van der Waals surface area contributed by atoms with Gasteiger partial charge >= 0.3 is 5.97 Å². The van der Waals surface area contributed by atoms with Gasteiger partial charge in [0.15, 0.2) is 0 Å². The SMILES string of the molecule is CC1(CC(=O)O)CCN(CCc2ccccc2)C1. The van der Waals surface area contributed by atoms with Gasteiger partial charge in [-0.3, -0.25) is 4.79 Å². The third kappa shape index (κ3) is 3.57. The van der Waals surface area contributed by atoms with E-state index < -0.39 is 5.97 Å². The van der Waals surface area contributed by atoms with Crippen molar-refractivity contribution in [3.8, 4) is 0 Å². The van der Waals surface area contributed by atoms with Gasteiger partial charge in [0.1, 0.15) is 0 Å². The summed E-state index contributed by atoms with van der Waals surface area (Å²) >= 11 is 0. The van der Waals surface area contributed by atoms with Crippen molar-refractivity contribution < 1.29 is 9.90 Å². The van der Waals surface area contributed by atoms with Crippen LogP contribution < -0.4 is 0 Å². The molecule has 1 N–H and O–H groups in total. The molecule has 0 spiro atoms. The molecule has 1 saturated heterocycles. The Labute approximate surface area is 108 Å². The lowest BCUT2D eigenvalue weighted by atomic mass is 9.86. The molecular formula is C15H21NO2. The summed E-state index contributed by atoms with van der Waals surface area (Å²) in [6.07, 6.45) is 2.33. The Morgan fingerprint density at radius 2 is 2.11 bits per heavy atom. The van der Waals surface area contributed by atoms with Crippen LogP contribution in [0.1, 0.15) is 25.3 Å². The Kier molecular flexibility index (Phi) is 4.02. The van der Waals surface area contributed by atoms with Gasteiger partial charge in [0.2, 0.25) is 0 Å². The normalized spacial score (nSPS) is 24.3. The first kappa shape index (κ1) is 13.1. The van der Waals surface area contributed by atoms with Crippen molar-refractivity contribution >= 4 is 5.97 Å². The monoisotopic (exact) mass is 247 g/mol. The first-order chi connectivity index (χ1) is 8.57. The van der Waals surface area contributed by atoms with Crippen molar-refractivity contribution in [2.45, 2.75) is 26.2 Å². The molecular weight excluding hydrogens is 226 g/mol. The fraction of sp³-hybridized carbons (Fsp3) is 0.533. The standard InChI is InChI=1S/C15H21NO2/c1-15(11-14(17)18)8-10-16(12-15)9-7-13-5-3-2-4-6-13/h2-6H,7-12H2,1H3,(H,17,18). The van der Waals surface area contributed by atoms with Crippen LogP contribution in [0.3, 0.4) is 0 Å². The number of carboxylic acids is 1. The molecule has 0 radical (unpaired) electrons. The van der Waals surface area contributed by atoms with Crippen LogP contribution in [0.4, 0.5) is 0 Å². The molecule has 1 atom stereocenters. The zero-order valence-electron chi connectivity index (χ0n) is 10.9. The van der Waals surface area contributed by atoms with Gasteiger partial charge in [0, 0.05) is 13.1 Å². The number of carbonyl (C=O) groups is 1. The number of hydrogen-bond donors (Lipinski definition) is 1. The van der Waals surface area contributed by atoms with Gasteiger partial charge < -0.3 is 10.0 Å². The van der Waals surface area contributed by atoms with Crippen molar-refractivity contribution in [3.05, 3.63) is 35.9 Å². The minimum absolute atomic E-state index is 0.0392. The number of hydrogen-bond acceptors (Lipinski definition) is 2. The summed E-state index contributed by atoms with van der Waals surface area (Å²) in [4.78, 5) is 13.2. The highest BCUT2D eigenvalue weighted by Crippen LogP contribution is 2.33. The Bertz CT molecular complexity index is 404. The maximum absolute atomic E-state index is 10.8. The molecule has 1 heterocycles. The summed E-state index contributed by atoms with van der Waals surface area (Å²) < 4.78 is 0. The number of benzene rings is 1. The second-order valence-corrected chi connectivity index (χ2v) is 5.64. The molecule has 0 saturated carbocycles. The third-order valence-corrected chi connectivity index (χ3v) is 3.77. The number of aliphatic carboxylic acids is 1. The van der Waals surface area contributed by atoms with Crippen LogP contribution >= 0.6 is 0 Å². The first-order valence-electron chi connectivity index (χ1n) is 6.55. The van der Waals surface area contributed by atoms with Crippen LogP contribution in [0.2, 0.25) is 0 Å². The third-order valence-electron chi connectivity index (χ3n) is 3.77. The smallest absolute Gasteiger partial charge is 0.303 e. The molecule has 3 heteroatoms. The largest absolute Gasteiger partial charge is 0.481 e. The lowest BCUT2D eigenvalue weighted by Gasteiger charge is -2.22. The summed E-state index contributed by atoms with van der Waals surface area (Å²) in [6.45, 7) is 5.05. The lowest BCUT2D eigenvalue weighted by Crippen LogP contribution is -2.28. The van der Waals surface area contributed by atoms with E-state index in [4.69, 9.17) is 5.11 Å². The summed E-state index contributed by atoms with van der Waals surface area (Å²) in [5, 5.41) is 8.91. The van der Waals surface area contributed by atoms with Crippen LogP contribution in [0.5, 0.6) is 0 Å². The summed E-state index contributed by atoms with van der Waals surface area (Å²) in [5.74, 6) is -0.678. The van der Waals surface area contributed by atoms with E-state index in [0.29, 0.717) is 0 Å². The van der Waals surface area contributed by atoms with E-state index in [-0.39, 0.29) is 11.8 Å². The van der Waals surface area contributed by atoms with Gasteiger partial charge in [-0.05, 0) is 30.4 Å². The van der Waals surface area contributed by atoms with Gasteiger partial charge in [-0.2, -0.15) is 0 Å². The summed E-state index contributed by atoms with van der Waals surface area (Å²) in [5.41, 5.74) is 1.31. The van der Waals surface area contributed by atoms with E-state index in [1.165, 1.54) is 5.56 Å². The fourth-order valence-electron chi connectivity index (χ4n) is 2.76. The van der Waals surface area contributed by atoms with Crippen LogP contribution in [0.25, 0.3) is 0 Å². The zero-order valence-corrected chi connectivity index (χ0v) is 10.9. The van der Waals surface area contributed by atoms with Crippen molar-refractivity contribution in [2.75, 3.05) is 19.6 Å². The molecule has 2 rings (SSSR count). The molecule has 0 aromatic heterocycles. The molecule has 18 heavy (non-hydrogen) atoms. The molecule has 1 aromatic rings. The van der Waals surface area contributed by atoms with Gasteiger partial charge in [-0.15, -0.1) is 0 Å². The van der Waals surface area contributed by atoms with E-state index in [9.17, 15) is 4.79 Å². The topological polar surface area (TPSA) is 40.5 Å². The number of likely N-dealkylation sites (tertiary alicyclic amines) is 1. The average molecular weight is 247 g/mol. The highest BCUT2D eigenvalue weighted by Gasteiger charge is 2.35. The second kappa shape index (κ2) is 5.53. The highest BCUT2D eigenvalue weighted by atomic mass is 16.4. The maximum Gasteiger partial charge on any atom is 0.303 e. The number of rotatable bonds is 5. The van der Waals surface area contributed by atoms with Crippen molar-refractivity contribution in [3.63, 3.8) is 0 Å². The molecule has 1 aliphatic heterocycles. The van der Waals surface area contributed by atoms with Crippen LogP contribution in [0, 0.1) is 5.41 Å². The van der Waals surface area contributed by atoms with Crippen molar-refractivity contribution in [2.24, 2.45) is 5.41 Å². The molecule has 1 aliphatic rings. The average Bonchev–Trinajstić information content (AvgIpc) is 2.68. The van der Waals surface area contributed by atoms with Crippen LogP contribution in [-0.2, 0) is 11.2 Å². The first-order valence-corrected chi connectivity index (χ1v) is 6.55. The predicted molar refractivity (Wildman–Crippen MR) is 71.6 cm³/mol. The summed E-state index contributed by atoms with van der Waals surface area (Å²) in [7, 11) is 0. The lowest BCUT2D eigenvalue weighted by molar-refractivity contribution is -0.139. The van der Waals surface area contributed by atoms with Crippen LogP contribution in [-0.4, -0.2) is 35.6 Å². The molecule has 1 unspecified atom stereocenters. The number of nitrogens with zero attached hydrogens (tertiary/aromatic N) is 1. The van der Waals surface area contributed by atoms with E-state index in [2.05, 4.69) is 36.1 Å². The molecule has 0 bridgehead atoms. The minimum atomic E-state index is -0.678. The molecule has 1 fully saturated rings. The zero-order chi connectivity index (χ0) is 13.0. The van der Waals surface area contributed by atoms with Gasteiger partial charge in [-0.1, -0.05) is 37.3 Å². The maximum atomic E-state index is 10.8. The predicted octanol–water partition coefficient (Wildman–Crippen LogP) is 2.42. The molecule has 98 valence electrons. The molecule has 1 aromatic carbocycles. The Balaban J connectivity index is 1.81. The fourth-order valence-corrected chi connectivity index (χ4v) is 2.76. The second-order valence-electron chi connectivity index (χ2n) is 5.64. The van der Waals surface area contributed by atoms with Gasteiger partial charge in [0.05, 0.1) is 6.42 Å². The summed E-state index contributed by atoms with van der Waals surface area (Å²) in [6, 6.07) is 10.4. The molecule has 0 amide bonds. The van der Waals surface area contributed by atoms with E-state index >= 15 is 0 Å². The van der Waals surface area contributed by atoms with Crippen LogP contribution in [0.15, 0.2) is 30.3 Å². The van der Waals surface area contributed by atoms with Crippen molar-refractivity contribution in [1.29, 1.82) is 0 Å². The molecule has 3 nitrogen and oxygen atoms in total. The van der Waals surface area contributed by atoms with E-state index in [1.807, 2.05) is 6.07 Å². The number of carboxylic acid groups (broad SMARTS) is 1. The van der Waals surface area contributed by atoms with E-state index in [1.54, 1.807) is 0 Å². The Morgan fingerprint density at radius 3 is 2.78 bits per heavy atom. The molecule has 0 aliphatic carbocycles. The van der Waals surface area contributed by atoms with Crippen molar-refractivity contribution in [1.82, 2.24) is 4.90 Å². The highest BCUT2D eigenvalue weighted by molar-refractivity contribution is 5.67. The van der Waals surface area contributed by atoms with Gasteiger partial charge in [0.25, 0.3) is 0 Å². The Morgan fingerprint density at radius 1 is 1.39 bits per heavy atom.